The lowest BCUT2D eigenvalue weighted by atomic mass is 9.96. The molecule has 0 fully saturated rings. The fourth-order valence-electron chi connectivity index (χ4n) is 1.74. The third kappa shape index (κ3) is 5.69. The Hall–Kier alpha value is -2.30. The predicted molar refractivity (Wildman–Crippen MR) is 81.4 cm³/mol. The molecule has 1 aromatic rings. The number of ether oxygens (including phenoxy) is 1. The number of benzene rings is 1. The van der Waals surface area contributed by atoms with Crippen LogP contribution < -0.4 is 4.74 Å². The van der Waals surface area contributed by atoms with Gasteiger partial charge in [0.25, 0.3) is 0 Å². The molecule has 116 valence electrons. The first-order chi connectivity index (χ1) is 9.76. The smallest absolute Gasteiger partial charge is 0.336 e. The highest BCUT2D eigenvalue weighted by Crippen LogP contribution is 2.27. The van der Waals surface area contributed by atoms with Crippen LogP contribution in [0.4, 0.5) is 0 Å². The molecule has 0 bridgehead atoms. The average Bonchev–Trinajstić information content (AvgIpc) is 2.37. The van der Waals surface area contributed by atoms with Gasteiger partial charge in [0.05, 0.1) is 18.2 Å². The zero-order valence-electron chi connectivity index (χ0n) is 12.9. The molecule has 0 aliphatic rings. The number of rotatable bonds is 5. The number of hydrogen-bond acceptors (Lipinski definition) is 3. The van der Waals surface area contributed by atoms with E-state index in [2.05, 4.69) is 6.58 Å². The van der Waals surface area contributed by atoms with Gasteiger partial charge in [0.15, 0.2) is 0 Å². The molecule has 0 spiro atoms. The maximum Gasteiger partial charge on any atom is 0.336 e. The van der Waals surface area contributed by atoms with Gasteiger partial charge in [0, 0.05) is 5.56 Å². The Morgan fingerprint density at radius 1 is 1.19 bits per heavy atom. The Morgan fingerprint density at radius 2 is 1.71 bits per heavy atom. The minimum Gasteiger partial charge on any atom is -0.496 e. The van der Waals surface area contributed by atoms with Crippen molar-refractivity contribution in [3.05, 3.63) is 41.0 Å². The molecule has 0 atom stereocenters. The summed E-state index contributed by atoms with van der Waals surface area (Å²) in [4.78, 5) is 22.1. The Labute approximate surface area is 124 Å². The van der Waals surface area contributed by atoms with Crippen molar-refractivity contribution in [1.29, 1.82) is 0 Å². The first-order valence-electron chi connectivity index (χ1n) is 6.54. The number of hydrogen-bond donors (Lipinski definition) is 2. The quantitative estimate of drug-likeness (QED) is 0.810. The lowest BCUT2D eigenvalue weighted by Crippen LogP contribution is -2.12. The second-order valence-corrected chi connectivity index (χ2v) is 4.74. The first-order valence-corrected chi connectivity index (χ1v) is 6.54. The SMILES string of the molecule is C=C(C)C.CCCc1c(OC)ccc(C(=O)O)c1C(=O)O. The van der Waals surface area contributed by atoms with Gasteiger partial charge in [0.1, 0.15) is 5.75 Å². The first kappa shape index (κ1) is 18.7. The van der Waals surface area contributed by atoms with Crippen LogP contribution in [-0.4, -0.2) is 29.3 Å². The number of allylic oxidation sites excluding steroid dienone is 1. The fourth-order valence-corrected chi connectivity index (χ4v) is 1.74. The number of aromatic carboxylic acids is 2. The van der Waals surface area contributed by atoms with E-state index in [9.17, 15) is 9.59 Å². The third-order valence-electron chi connectivity index (χ3n) is 2.43. The minimum atomic E-state index is -1.25. The lowest BCUT2D eigenvalue weighted by Gasteiger charge is -2.13. The highest BCUT2D eigenvalue weighted by atomic mass is 16.5. The molecule has 1 rings (SSSR count). The van der Waals surface area contributed by atoms with E-state index in [0.717, 1.165) is 0 Å². The van der Waals surface area contributed by atoms with Crippen molar-refractivity contribution < 1.29 is 24.5 Å². The maximum atomic E-state index is 11.2. The standard InChI is InChI=1S/C12H14O5.C4H8/c1-3-4-7-9(17-2)6-5-8(11(13)14)10(7)12(15)16;1-4(2)3/h5-6H,3-4H2,1-2H3,(H,13,14)(H,15,16);1H2,2-3H3. The van der Waals surface area contributed by atoms with Crippen LogP contribution in [0, 0.1) is 0 Å². The van der Waals surface area contributed by atoms with E-state index in [1.807, 2.05) is 20.8 Å². The normalized spacial score (nSPS) is 9.33. The van der Waals surface area contributed by atoms with E-state index in [4.69, 9.17) is 14.9 Å². The van der Waals surface area contributed by atoms with Crippen LogP contribution in [0.25, 0.3) is 0 Å². The monoisotopic (exact) mass is 294 g/mol. The van der Waals surface area contributed by atoms with Crippen LogP contribution in [0.3, 0.4) is 0 Å². The van der Waals surface area contributed by atoms with Crippen LogP contribution in [0.2, 0.25) is 0 Å². The van der Waals surface area contributed by atoms with Crippen molar-refractivity contribution in [3.63, 3.8) is 0 Å². The van der Waals surface area contributed by atoms with Crippen LogP contribution in [-0.2, 0) is 6.42 Å². The van der Waals surface area contributed by atoms with Crippen molar-refractivity contribution >= 4 is 11.9 Å². The average molecular weight is 294 g/mol. The molecule has 21 heavy (non-hydrogen) atoms. The summed E-state index contributed by atoms with van der Waals surface area (Å²) in [7, 11) is 1.43. The van der Waals surface area contributed by atoms with Gasteiger partial charge in [0.2, 0.25) is 0 Å². The van der Waals surface area contributed by atoms with Gasteiger partial charge in [-0.25, -0.2) is 9.59 Å². The van der Waals surface area contributed by atoms with Crippen LogP contribution in [0.15, 0.2) is 24.3 Å². The van der Waals surface area contributed by atoms with Gasteiger partial charge in [-0.3, -0.25) is 0 Å². The van der Waals surface area contributed by atoms with Crippen LogP contribution in [0.1, 0.15) is 53.5 Å². The highest BCUT2D eigenvalue weighted by Gasteiger charge is 2.22. The summed E-state index contributed by atoms with van der Waals surface area (Å²) >= 11 is 0. The summed E-state index contributed by atoms with van der Waals surface area (Å²) in [6.45, 7) is 9.39. The van der Waals surface area contributed by atoms with E-state index in [-0.39, 0.29) is 11.1 Å². The summed E-state index contributed by atoms with van der Waals surface area (Å²) in [6, 6.07) is 2.74. The predicted octanol–water partition coefficient (Wildman–Crippen LogP) is 3.63. The molecule has 1 aromatic carbocycles. The summed E-state index contributed by atoms with van der Waals surface area (Å²) in [5.74, 6) is -2.08. The zero-order chi connectivity index (χ0) is 16.6. The van der Waals surface area contributed by atoms with E-state index in [0.29, 0.717) is 24.2 Å². The molecular weight excluding hydrogens is 272 g/mol. The Morgan fingerprint density at radius 3 is 2.05 bits per heavy atom. The molecule has 0 aliphatic carbocycles. The van der Waals surface area contributed by atoms with Crippen molar-refractivity contribution in [2.24, 2.45) is 0 Å². The molecule has 0 heterocycles. The maximum absolute atomic E-state index is 11.2. The molecule has 0 unspecified atom stereocenters. The molecule has 0 amide bonds. The van der Waals surface area contributed by atoms with Gasteiger partial charge in [-0.15, -0.1) is 6.58 Å². The number of carboxylic acid groups (broad SMARTS) is 2. The number of methoxy groups -OCH3 is 1. The largest absolute Gasteiger partial charge is 0.496 e. The molecule has 5 nitrogen and oxygen atoms in total. The van der Waals surface area contributed by atoms with Gasteiger partial charge in [-0.1, -0.05) is 18.9 Å². The van der Waals surface area contributed by atoms with E-state index in [1.165, 1.54) is 24.8 Å². The summed E-state index contributed by atoms with van der Waals surface area (Å²) in [6.07, 6.45) is 1.17. The third-order valence-corrected chi connectivity index (χ3v) is 2.43. The Bertz CT molecular complexity index is 528. The molecule has 0 saturated heterocycles. The molecule has 0 aliphatic heterocycles. The number of carbonyl (C=O) groups is 2. The summed E-state index contributed by atoms with van der Waals surface area (Å²) < 4.78 is 5.07. The molecule has 5 heteroatoms. The van der Waals surface area contributed by atoms with Gasteiger partial charge in [-0.05, 0) is 32.4 Å². The van der Waals surface area contributed by atoms with Crippen LogP contribution in [0.5, 0.6) is 5.75 Å². The number of carboxylic acids is 2. The van der Waals surface area contributed by atoms with Gasteiger partial charge < -0.3 is 14.9 Å². The van der Waals surface area contributed by atoms with Crippen molar-refractivity contribution in [2.45, 2.75) is 33.6 Å². The zero-order valence-corrected chi connectivity index (χ0v) is 12.9. The van der Waals surface area contributed by atoms with Crippen molar-refractivity contribution in [1.82, 2.24) is 0 Å². The Balaban J connectivity index is 0.000000885. The minimum absolute atomic E-state index is 0.182. The molecule has 2 N–H and O–H groups in total. The van der Waals surface area contributed by atoms with Gasteiger partial charge in [-0.2, -0.15) is 0 Å². The van der Waals surface area contributed by atoms with Crippen molar-refractivity contribution in [3.8, 4) is 5.75 Å². The summed E-state index contributed by atoms with van der Waals surface area (Å²) in [5.41, 5.74) is 1.21. The van der Waals surface area contributed by atoms with E-state index >= 15 is 0 Å². The van der Waals surface area contributed by atoms with Gasteiger partial charge >= 0.3 is 11.9 Å². The molecule has 0 radical (unpaired) electrons. The second kappa shape index (κ2) is 8.79. The molecular formula is C16H22O5. The topological polar surface area (TPSA) is 83.8 Å². The van der Waals surface area contributed by atoms with E-state index < -0.39 is 11.9 Å². The molecule has 0 aromatic heterocycles. The lowest BCUT2D eigenvalue weighted by molar-refractivity contribution is 0.0650. The van der Waals surface area contributed by atoms with E-state index in [1.54, 1.807) is 0 Å². The highest BCUT2D eigenvalue weighted by molar-refractivity contribution is 6.03. The van der Waals surface area contributed by atoms with Crippen LogP contribution >= 0.6 is 0 Å². The summed E-state index contributed by atoms with van der Waals surface area (Å²) in [5, 5.41) is 18.1. The molecule has 0 saturated carbocycles. The second-order valence-electron chi connectivity index (χ2n) is 4.74. The Kier molecular flexibility index (Phi) is 7.83. The van der Waals surface area contributed by atoms with Crippen molar-refractivity contribution in [2.75, 3.05) is 7.11 Å². The fraction of sp³-hybridized carbons (Fsp3) is 0.375.